The molecule has 0 fully saturated rings. The SMILES string of the molecule is [N-]=[N+]=NS(=O)(=O)c1ccc(F)c(F)c1F. The molecule has 0 aliphatic rings. The lowest BCUT2D eigenvalue weighted by molar-refractivity contribution is 0.432. The average molecular weight is 237 g/mol. The molecule has 0 heterocycles. The van der Waals surface area contributed by atoms with Gasteiger partial charge in [0.25, 0.3) is 10.0 Å². The Labute approximate surface area is 81.8 Å². The van der Waals surface area contributed by atoms with Crippen LogP contribution in [0.3, 0.4) is 0 Å². The van der Waals surface area contributed by atoms with Gasteiger partial charge in [-0.25, -0.2) is 21.6 Å². The molecule has 15 heavy (non-hydrogen) atoms. The van der Waals surface area contributed by atoms with Crippen molar-refractivity contribution < 1.29 is 21.6 Å². The molecular formula is C6H2F3N3O2S. The molecule has 0 saturated carbocycles. The fraction of sp³-hybridized carbons (Fsp3) is 0. The smallest absolute Gasteiger partial charge is 0.216 e. The Kier molecular flexibility index (Phi) is 2.87. The molecule has 0 aromatic heterocycles. The van der Waals surface area contributed by atoms with Crippen LogP contribution in [0.15, 0.2) is 21.5 Å². The molecule has 0 radical (unpaired) electrons. The molecule has 0 aliphatic heterocycles. The predicted molar refractivity (Wildman–Crippen MR) is 42.6 cm³/mol. The van der Waals surface area contributed by atoms with Gasteiger partial charge in [0.2, 0.25) is 0 Å². The van der Waals surface area contributed by atoms with Crippen LogP contribution in [0, 0.1) is 17.5 Å². The highest BCUT2D eigenvalue weighted by molar-refractivity contribution is 7.90. The van der Waals surface area contributed by atoms with Crippen molar-refractivity contribution in [3.63, 3.8) is 0 Å². The summed E-state index contributed by atoms with van der Waals surface area (Å²) in [5, 5.41) is 0. The summed E-state index contributed by atoms with van der Waals surface area (Å²) in [5.41, 5.74) is 7.87. The zero-order valence-corrected chi connectivity index (χ0v) is 7.67. The lowest BCUT2D eigenvalue weighted by Gasteiger charge is -2.00. The van der Waals surface area contributed by atoms with Gasteiger partial charge in [0.1, 0.15) is 4.90 Å². The largest absolute Gasteiger partial charge is 0.267 e. The summed E-state index contributed by atoms with van der Waals surface area (Å²) in [4.78, 5) is 0.722. The second-order valence-electron chi connectivity index (χ2n) is 2.32. The quantitative estimate of drug-likeness (QED) is 0.341. The van der Waals surface area contributed by atoms with Crippen LogP contribution >= 0.6 is 0 Å². The first-order chi connectivity index (χ1) is 6.90. The van der Waals surface area contributed by atoms with E-state index in [0.29, 0.717) is 12.1 Å². The number of halogens is 3. The van der Waals surface area contributed by atoms with Crippen LogP contribution in [0.25, 0.3) is 10.4 Å². The van der Waals surface area contributed by atoms with E-state index in [4.69, 9.17) is 5.53 Å². The summed E-state index contributed by atoms with van der Waals surface area (Å²) in [7, 11) is -4.65. The number of nitrogens with zero attached hydrogens (tertiary/aromatic N) is 3. The highest BCUT2D eigenvalue weighted by Crippen LogP contribution is 2.21. The van der Waals surface area contributed by atoms with Crippen molar-refractivity contribution in [3.05, 3.63) is 40.0 Å². The fourth-order valence-electron chi connectivity index (χ4n) is 0.799. The first-order valence-electron chi connectivity index (χ1n) is 3.35. The first kappa shape index (κ1) is 11.3. The summed E-state index contributed by atoms with van der Waals surface area (Å²) in [6.07, 6.45) is 0. The van der Waals surface area contributed by atoms with Crippen molar-refractivity contribution in [1.82, 2.24) is 0 Å². The topological polar surface area (TPSA) is 82.9 Å². The third-order valence-corrected chi connectivity index (χ3v) is 2.58. The molecule has 1 aromatic rings. The minimum atomic E-state index is -4.65. The Morgan fingerprint density at radius 2 is 1.80 bits per heavy atom. The van der Waals surface area contributed by atoms with Gasteiger partial charge < -0.3 is 0 Å². The lowest BCUT2D eigenvalue weighted by atomic mass is 10.3. The molecule has 0 atom stereocenters. The molecule has 9 heteroatoms. The van der Waals surface area contributed by atoms with Gasteiger partial charge in [0.05, 0.1) is 0 Å². The van der Waals surface area contributed by atoms with Crippen molar-refractivity contribution >= 4 is 10.0 Å². The zero-order valence-electron chi connectivity index (χ0n) is 6.85. The van der Waals surface area contributed by atoms with Gasteiger partial charge in [-0.3, -0.25) is 0 Å². The van der Waals surface area contributed by atoms with E-state index in [1.165, 1.54) is 0 Å². The van der Waals surface area contributed by atoms with Crippen molar-refractivity contribution in [2.75, 3.05) is 0 Å². The van der Waals surface area contributed by atoms with Crippen LogP contribution in [-0.4, -0.2) is 8.42 Å². The van der Waals surface area contributed by atoms with Crippen molar-refractivity contribution in [3.8, 4) is 0 Å². The molecule has 0 unspecified atom stereocenters. The van der Waals surface area contributed by atoms with E-state index in [0.717, 1.165) is 0 Å². The van der Waals surface area contributed by atoms with Gasteiger partial charge in [0, 0.05) is 9.43 Å². The highest BCUT2D eigenvalue weighted by Gasteiger charge is 2.22. The van der Waals surface area contributed by atoms with Gasteiger partial charge >= 0.3 is 0 Å². The number of hydrogen-bond acceptors (Lipinski definition) is 2. The normalized spacial score (nSPS) is 10.9. The van der Waals surface area contributed by atoms with E-state index in [1.807, 2.05) is 4.91 Å². The van der Waals surface area contributed by atoms with Gasteiger partial charge in [-0.2, -0.15) is 0 Å². The third-order valence-electron chi connectivity index (χ3n) is 1.42. The van der Waals surface area contributed by atoms with Crippen LogP contribution in [0.5, 0.6) is 0 Å². The van der Waals surface area contributed by atoms with Crippen LogP contribution in [0.4, 0.5) is 13.2 Å². The standard InChI is InChI=1S/C6H2F3N3O2S/c7-3-1-2-4(6(9)5(3)8)15(13,14)12-11-10/h1-2H. The van der Waals surface area contributed by atoms with Gasteiger partial charge in [-0.05, 0) is 17.7 Å². The lowest BCUT2D eigenvalue weighted by Crippen LogP contribution is -2.03. The summed E-state index contributed by atoms with van der Waals surface area (Å²) >= 11 is 0. The highest BCUT2D eigenvalue weighted by atomic mass is 32.2. The molecule has 1 rings (SSSR count). The van der Waals surface area contributed by atoms with E-state index >= 15 is 0 Å². The fourth-order valence-corrected chi connectivity index (χ4v) is 1.54. The minimum absolute atomic E-state index is 0.415. The molecular weight excluding hydrogens is 235 g/mol. The van der Waals surface area contributed by atoms with E-state index in [1.54, 1.807) is 0 Å². The number of benzene rings is 1. The monoisotopic (exact) mass is 237 g/mol. The maximum absolute atomic E-state index is 12.9. The average Bonchev–Trinajstić information content (AvgIpc) is 2.13. The van der Waals surface area contributed by atoms with Crippen LogP contribution < -0.4 is 0 Å². The molecule has 0 saturated heterocycles. The summed E-state index contributed by atoms with van der Waals surface area (Å²) in [5.74, 6) is -5.39. The number of rotatable bonds is 2. The Bertz CT molecular complexity index is 551. The number of hydrogen-bond donors (Lipinski definition) is 0. The second-order valence-corrected chi connectivity index (χ2v) is 3.87. The van der Waals surface area contributed by atoms with E-state index < -0.39 is 32.4 Å². The molecule has 0 N–H and O–H groups in total. The van der Waals surface area contributed by atoms with Crippen molar-refractivity contribution in [1.29, 1.82) is 0 Å². The summed E-state index contributed by atoms with van der Waals surface area (Å²) in [6.45, 7) is 0. The maximum atomic E-state index is 12.9. The number of sulfonamides is 1. The zero-order chi connectivity index (χ0) is 11.6. The first-order valence-corrected chi connectivity index (χ1v) is 4.79. The molecule has 5 nitrogen and oxygen atoms in total. The molecule has 0 amide bonds. The maximum Gasteiger partial charge on any atom is 0.267 e. The molecule has 0 aliphatic carbocycles. The van der Waals surface area contributed by atoms with Crippen molar-refractivity contribution in [2.45, 2.75) is 4.90 Å². The Morgan fingerprint density at radius 3 is 2.33 bits per heavy atom. The van der Waals surface area contributed by atoms with E-state index in [9.17, 15) is 21.6 Å². The Balaban J connectivity index is 3.54. The summed E-state index contributed by atoms with van der Waals surface area (Å²) in [6, 6.07) is 0.885. The van der Waals surface area contributed by atoms with Crippen molar-refractivity contribution in [2.24, 2.45) is 4.52 Å². The van der Waals surface area contributed by atoms with Crippen LogP contribution in [0.1, 0.15) is 0 Å². The second kappa shape index (κ2) is 3.79. The van der Waals surface area contributed by atoms with Gasteiger partial charge in [-0.15, -0.1) is 0 Å². The molecule has 80 valence electrons. The van der Waals surface area contributed by atoms with Crippen LogP contribution in [-0.2, 0) is 10.0 Å². The Hall–Kier alpha value is -1.73. The third kappa shape index (κ3) is 2.03. The summed E-state index contributed by atoms with van der Waals surface area (Å²) < 4.78 is 62.2. The number of azide groups is 1. The molecule has 1 aromatic carbocycles. The van der Waals surface area contributed by atoms with Gasteiger partial charge in [-0.1, -0.05) is 0 Å². The van der Waals surface area contributed by atoms with E-state index in [-0.39, 0.29) is 0 Å². The molecule has 0 spiro atoms. The minimum Gasteiger partial charge on any atom is -0.216 e. The van der Waals surface area contributed by atoms with E-state index in [2.05, 4.69) is 4.52 Å². The molecule has 0 bridgehead atoms. The Morgan fingerprint density at radius 1 is 1.20 bits per heavy atom. The predicted octanol–water partition coefficient (Wildman–Crippen LogP) is 2.10. The van der Waals surface area contributed by atoms with Crippen LogP contribution in [0.2, 0.25) is 0 Å². The van der Waals surface area contributed by atoms with Gasteiger partial charge in [0.15, 0.2) is 17.5 Å².